The van der Waals surface area contributed by atoms with E-state index in [1.54, 1.807) is 0 Å². The van der Waals surface area contributed by atoms with Crippen LogP contribution in [0.2, 0.25) is 0 Å². The van der Waals surface area contributed by atoms with Crippen molar-refractivity contribution in [1.82, 2.24) is 14.5 Å². The number of carbonyl (C=O) groups excluding carboxylic acids is 2. The van der Waals surface area contributed by atoms with Crippen LogP contribution in [-0.4, -0.2) is 39.4 Å². The molecule has 3 heterocycles. The fourth-order valence-corrected chi connectivity index (χ4v) is 4.29. The molecule has 1 N–H and O–H groups in total. The van der Waals surface area contributed by atoms with Crippen molar-refractivity contribution in [3.63, 3.8) is 0 Å². The molecule has 0 saturated carbocycles. The van der Waals surface area contributed by atoms with Gasteiger partial charge in [0.15, 0.2) is 0 Å². The number of hydrogen-bond donors (Lipinski definition) is 1. The molecule has 3 aromatic rings. The summed E-state index contributed by atoms with van der Waals surface area (Å²) in [6.45, 7) is 4.00. The van der Waals surface area contributed by atoms with Gasteiger partial charge in [0.1, 0.15) is 0 Å². The average molecular weight is 382 g/mol. The van der Waals surface area contributed by atoms with Crippen molar-refractivity contribution < 1.29 is 9.59 Å². The lowest BCUT2D eigenvalue weighted by atomic mass is 9.96. The maximum absolute atomic E-state index is 12.8. The van der Waals surface area contributed by atoms with Gasteiger partial charge in [0.25, 0.3) is 5.91 Å². The standard InChI is InChI=1S/C20H22N4O2S/c1-2-24-16-7-4-3-6-15(16)21-20(24)22-18(25)14-9-11-23(12-10-14)19(26)17-8-5-13-27-17/h3-8,13-14H,2,9-12H2,1H3,(H,21,22,25). The van der Waals surface area contributed by atoms with E-state index in [4.69, 9.17) is 0 Å². The Morgan fingerprint density at radius 3 is 2.67 bits per heavy atom. The summed E-state index contributed by atoms with van der Waals surface area (Å²) < 4.78 is 2.02. The predicted molar refractivity (Wildman–Crippen MR) is 107 cm³/mol. The van der Waals surface area contributed by atoms with Crippen LogP contribution in [-0.2, 0) is 11.3 Å². The van der Waals surface area contributed by atoms with Crippen molar-refractivity contribution in [2.45, 2.75) is 26.3 Å². The zero-order chi connectivity index (χ0) is 18.8. The van der Waals surface area contributed by atoms with Crippen LogP contribution < -0.4 is 5.32 Å². The van der Waals surface area contributed by atoms with Gasteiger partial charge in [0, 0.05) is 25.6 Å². The first-order valence-electron chi connectivity index (χ1n) is 9.26. The quantitative estimate of drug-likeness (QED) is 0.750. The van der Waals surface area contributed by atoms with Crippen LogP contribution in [0.3, 0.4) is 0 Å². The smallest absolute Gasteiger partial charge is 0.263 e. The van der Waals surface area contributed by atoms with E-state index in [1.807, 2.05) is 58.2 Å². The summed E-state index contributed by atoms with van der Waals surface area (Å²) in [6.07, 6.45) is 1.35. The Balaban J connectivity index is 1.41. The topological polar surface area (TPSA) is 67.2 Å². The van der Waals surface area contributed by atoms with Gasteiger partial charge in [-0.2, -0.15) is 0 Å². The number of benzene rings is 1. The lowest BCUT2D eigenvalue weighted by Gasteiger charge is -2.31. The molecule has 4 rings (SSSR count). The van der Waals surface area contributed by atoms with E-state index in [2.05, 4.69) is 10.3 Å². The van der Waals surface area contributed by atoms with Gasteiger partial charge >= 0.3 is 0 Å². The van der Waals surface area contributed by atoms with Gasteiger partial charge in [-0.1, -0.05) is 18.2 Å². The molecule has 7 heteroatoms. The van der Waals surface area contributed by atoms with Crippen LogP contribution in [0.1, 0.15) is 29.4 Å². The van der Waals surface area contributed by atoms with Crippen molar-refractivity contribution in [2.75, 3.05) is 18.4 Å². The Bertz CT molecular complexity index is 956. The number of nitrogens with zero attached hydrogens (tertiary/aromatic N) is 3. The highest BCUT2D eigenvalue weighted by Gasteiger charge is 2.29. The SMILES string of the molecule is CCn1c(NC(=O)C2CCN(C(=O)c3cccs3)CC2)nc2ccccc21. The number of aryl methyl sites for hydroxylation is 1. The van der Waals surface area contributed by atoms with Crippen LogP contribution in [0.15, 0.2) is 41.8 Å². The number of likely N-dealkylation sites (tertiary alicyclic amines) is 1. The number of aromatic nitrogens is 2. The van der Waals surface area contributed by atoms with E-state index in [0.29, 0.717) is 31.9 Å². The number of carbonyl (C=O) groups is 2. The van der Waals surface area contributed by atoms with Gasteiger partial charge in [-0.25, -0.2) is 4.98 Å². The van der Waals surface area contributed by atoms with E-state index >= 15 is 0 Å². The number of para-hydroxylation sites is 2. The minimum atomic E-state index is -0.0949. The molecule has 1 aliphatic heterocycles. The summed E-state index contributed by atoms with van der Waals surface area (Å²) in [4.78, 5) is 32.4. The number of hydrogen-bond acceptors (Lipinski definition) is 4. The Hall–Kier alpha value is -2.67. The highest BCUT2D eigenvalue weighted by molar-refractivity contribution is 7.12. The van der Waals surface area contributed by atoms with Gasteiger partial charge in [0.2, 0.25) is 11.9 Å². The normalized spacial score (nSPS) is 15.2. The van der Waals surface area contributed by atoms with Crippen LogP contribution in [0, 0.1) is 5.92 Å². The van der Waals surface area contributed by atoms with E-state index in [0.717, 1.165) is 22.5 Å². The second kappa shape index (κ2) is 7.52. The average Bonchev–Trinajstić information content (AvgIpc) is 3.35. The fraction of sp³-hybridized carbons (Fsp3) is 0.350. The van der Waals surface area contributed by atoms with Gasteiger partial charge in [-0.3, -0.25) is 14.9 Å². The summed E-state index contributed by atoms with van der Waals surface area (Å²) in [5.74, 6) is 0.558. The Morgan fingerprint density at radius 2 is 1.96 bits per heavy atom. The Morgan fingerprint density at radius 1 is 1.19 bits per heavy atom. The lowest BCUT2D eigenvalue weighted by molar-refractivity contribution is -0.121. The van der Waals surface area contributed by atoms with Crippen molar-refractivity contribution in [1.29, 1.82) is 0 Å². The van der Waals surface area contributed by atoms with Crippen LogP contribution in [0.25, 0.3) is 11.0 Å². The minimum Gasteiger partial charge on any atom is -0.338 e. The number of nitrogens with one attached hydrogen (secondary N) is 1. The largest absolute Gasteiger partial charge is 0.338 e. The second-order valence-corrected chi connectivity index (χ2v) is 7.65. The zero-order valence-corrected chi connectivity index (χ0v) is 16.0. The molecular formula is C20H22N4O2S. The predicted octanol–water partition coefficient (Wildman–Crippen LogP) is 3.61. The molecule has 0 spiro atoms. The number of imidazole rings is 1. The van der Waals surface area contributed by atoms with E-state index in [-0.39, 0.29) is 17.7 Å². The zero-order valence-electron chi connectivity index (χ0n) is 15.2. The molecule has 0 unspecified atom stereocenters. The van der Waals surface area contributed by atoms with Gasteiger partial charge in [0.05, 0.1) is 15.9 Å². The molecule has 1 aliphatic rings. The summed E-state index contributed by atoms with van der Waals surface area (Å²) in [6, 6.07) is 11.6. The molecule has 0 radical (unpaired) electrons. The number of amides is 2. The van der Waals surface area contributed by atoms with Crippen LogP contribution in [0.5, 0.6) is 0 Å². The molecule has 0 atom stereocenters. The van der Waals surface area contributed by atoms with E-state index in [1.165, 1.54) is 11.3 Å². The summed E-state index contributed by atoms with van der Waals surface area (Å²) in [5, 5.41) is 4.91. The lowest BCUT2D eigenvalue weighted by Crippen LogP contribution is -2.41. The molecule has 1 fully saturated rings. The van der Waals surface area contributed by atoms with Gasteiger partial charge < -0.3 is 9.47 Å². The molecule has 2 amide bonds. The first-order chi connectivity index (χ1) is 13.2. The molecule has 1 aromatic carbocycles. The summed E-state index contributed by atoms with van der Waals surface area (Å²) in [7, 11) is 0. The monoisotopic (exact) mass is 382 g/mol. The first kappa shape index (κ1) is 17.7. The van der Waals surface area contributed by atoms with Crippen molar-refractivity contribution >= 4 is 40.1 Å². The number of rotatable bonds is 4. The van der Waals surface area contributed by atoms with E-state index < -0.39 is 0 Å². The summed E-state index contributed by atoms with van der Waals surface area (Å²) in [5.41, 5.74) is 1.90. The maximum atomic E-state index is 12.8. The Labute approximate surface area is 161 Å². The third-order valence-electron chi connectivity index (χ3n) is 5.09. The third-order valence-corrected chi connectivity index (χ3v) is 5.95. The molecule has 6 nitrogen and oxygen atoms in total. The van der Waals surface area contributed by atoms with E-state index in [9.17, 15) is 9.59 Å². The molecule has 0 bridgehead atoms. The maximum Gasteiger partial charge on any atom is 0.263 e. The highest BCUT2D eigenvalue weighted by Crippen LogP contribution is 2.24. The van der Waals surface area contributed by atoms with Gasteiger partial charge in [-0.15, -0.1) is 11.3 Å². The number of anilines is 1. The highest BCUT2D eigenvalue weighted by atomic mass is 32.1. The van der Waals surface area contributed by atoms with Crippen molar-refractivity contribution in [3.05, 3.63) is 46.7 Å². The minimum absolute atomic E-state index is 0.0109. The first-order valence-corrected chi connectivity index (χ1v) is 10.1. The fourth-order valence-electron chi connectivity index (χ4n) is 3.60. The number of piperidine rings is 1. The number of fused-ring (bicyclic) bond motifs is 1. The molecule has 27 heavy (non-hydrogen) atoms. The molecule has 140 valence electrons. The van der Waals surface area contributed by atoms with Crippen molar-refractivity contribution in [3.8, 4) is 0 Å². The second-order valence-electron chi connectivity index (χ2n) is 6.70. The van der Waals surface area contributed by atoms with Gasteiger partial charge in [-0.05, 0) is 43.3 Å². The molecule has 1 saturated heterocycles. The summed E-state index contributed by atoms with van der Waals surface area (Å²) >= 11 is 1.46. The molecular weight excluding hydrogens is 360 g/mol. The van der Waals surface area contributed by atoms with Crippen molar-refractivity contribution in [2.24, 2.45) is 5.92 Å². The molecule has 2 aromatic heterocycles. The number of thiophene rings is 1. The third kappa shape index (κ3) is 3.47. The van der Waals surface area contributed by atoms with Crippen LogP contribution in [0.4, 0.5) is 5.95 Å². The molecule has 0 aliphatic carbocycles. The Kier molecular flexibility index (Phi) is 4.94. The van der Waals surface area contributed by atoms with Crippen LogP contribution >= 0.6 is 11.3 Å².